The van der Waals surface area contributed by atoms with Crippen LogP contribution < -0.4 is 5.73 Å². The van der Waals surface area contributed by atoms with Crippen LogP contribution in [0.4, 0.5) is 5.69 Å². The van der Waals surface area contributed by atoms with Crippen molar-refractivity contribution in [2.75, 3.05) is 5.73 Å². The predicted molar refractivity (Wildman–Crippen MR) is 120 cm³/mol. The first kappa shape index (κ1) is 17.1. The van der Waals surface area contributed by atoms with Crippen molar-refractivity contribution in [2.24, 2.45) is 0 Å². The average Bonchev–Trinajstić information content (AvgIpc) is 3.08. The lowest BCUT2D eigenvalue weighted by atomic mass is 9.98. The first-order valence-electron chi connectivity index (χ1n) is 9.56. The van der Waals surface area contributed by atoms with E-state index in [1.54, 1.807) is 0 Å². The summed E-state index contributed by atoms with van der Waals surface area (Å²) in [5.41, 5.74) is 14.4. The molecule has 0 saturated heterocycles. The van der Waals surface area contributed by atoms with Gasteiger partial charge in [-0.05, 0) is 60.5 Å². The van der Waals surface area contributed by atoms with Crippen LogP contribution in [-0.4, -0.2) is 4.57 Å². The molecule has 0 bridgehead atoms. The van der Waals surface area contributed by atoms with E-state index in [2.05, 4.69) is 54.0 Å². The molecule has 0 aliphatic heterocycles. The summed E-state index contributed by atoms with van der Waals surface area (Å²) in [5.74, 6) is 0. The highest BCUT2D eigenvalue weighted by molar-refractivity contribution is 6.09. The number of aryl methyl sites for hydroxylation is 1. The van der Waals surface area contributed by atoms with E-state index in [-0.39, 0.29) is 0 Å². The Balaban J connectivity index is 1.84. The zero-order valence-electron chi connectivity index (χ0n) is 16.1. The summed E-state index contributed by atoms with van der Waals surface area (Å²) in [6.45, 7) is 2.10. The molecule has 0 radical (unpaired) electrons. The van der Waals surface area contributed by atoms with Crippen LogP contribution in [0.3, 0.4) is 0 Å². The molecule has 5 rings (SSSR count). The minimum atomic E-state index is 0.665. The Bertz CT molecular complexity index is 1430. The number of anilines is 1. The normalized spacial score (nSPS) is 11.0. The fourth-order valence-corrected chi connectivity index (χ4v) is 4.11. The number of nitriles is 1. The summed E-state index contributed by atoms with van der Waals surface area (Å²) >= 11 is 0. The number of nitrogens with two attached hydrogens (primary N) is 1. The van der Waals surface area contributed by atoms with Gasteiger partial charge in [0.15, 0.2) is 0 Å². The Kier molecular flexibility index (Phi) is 3.86. The largest absolute Gasteiger partial charge is 0.398 e. The highest BCUT2D eigenvalue weighted by Gasteiger charge is 2.14. The van der Waals surface area contributed by atoms with Crippen LogP contribution in [0.1, 0.15) is 11.1 Å². The van der Waals surface area contributed by atoms with Crippen molar-refractivity contribution >= 4 is 27.5 Å². The van der Waals surface area contributed by atoms with E-state index in [1.807, 2.05) is 48.5 Å². The van der Waals surface area contributed by atoms with E-state index in [1.165, 1.54) is 5.56 Å². The summed E-state index contributed by atoms with van der Waals surface area (Å²) in [6, 6.07) is 30.9. The van der Waals surface area contributed by atoms with E-state index in [9.17, 15) is 5.26 Å². The molecular formula is C26H19N3. The summed E-state index contributed by atoms with van der Waals surface area (Å²) < 4.78 is 2.24. The quantitative estimate of drug-likeness (QED) is 0.374. The number of benzene rings is 4. The Hall–Kier alpha value is -4.03. The van der Waals surface area contributed by atoms with E-state index in [0.29, 0.717) is 5.56 Å². The van der Waals surface area contributed by atoms with E-state index in [0.717, 1.165) is 44.3 Å². The molecule has 3 nitrogen and oxygen atoms in total. The van der Waals surface area contributed by atoms with E-state index >= 15 is 0 Å². The third-order valence-electron chi connectivity index (χ3n) is 5.53. The third kappa shape index (κ3) is 2.66. The topological polar surface area (TPSA) is 54.7 Å². The molecule has 4 aromatic carbocycles. The second-order valence-electron chi connectivity index (χ2n) is 7.28. The fourth-order valence-electron chi connectivity index (χ4n) is 4.11. The van der Waals surface area contributed by atoms with Gasteiger partial charge in [-0.15, -0.1) is 0 Å². The van der Waals surface area contributed by atoms with Gasteiger partial charge in [0.05, 0.1) is 22.7 Å². The van der Waals surface area contributed by atoms with Gasteiger partial charge in [-0.2, -0.15) is 5.26 Å². The smallest absolute Gasteiger partial charge is 0.0991 e. The number of fused-ring (bicyclic) bond motifs is 3. The third-order valence-corrected chi connectivity index (χ3v) is 5.53. The molecule has 0 atom stereocenters. The maximum Gasteiger partial charge on any atom is 0.0991 e. The van der Waals surface area contributed by atoms with Crippen LogP contribution >= 0.6 is 0 Å². The molecular weight excluding hydrogens is 354 g/mol. The van der Waals surface area contributed by atoms with Gasteiger partial charge in [-0.25, -0.2) is 0 Å². The second-order valence-corrected chi connectivity index (χ2v) is 7.28. The highest BCUT2D eigenvalue weighted by Crippen LogP contribution is 2.36. The van der Waals surface area contributed by atoms with Gasteiger partial charge in [0, 0.05) is 27.7 Å². The van der Waals surface area contributed by atoms with Gasteiger partial charge >= 0.3 is 0 Å². The Morgan fingerprint density at radius 2 is 1.52 bits per heavy atom. The number of nitrogen functional groups attached to an aromatic ring is 1. The first-order chi connectivity index (χ1) is 14.2. The average molecular weight is 373 g/mol. The lowest BCUT2D eigenvalue weighted by molar-refractivity contribution is 1.18. The van der Waals surface area contributed by atoms with Crippen LogP contribution in [0, 0.1) is 18.3 Å². The molecule has 0 aliphatic carbocycles. The fraction of sp³-hybridized carbons (Fsp3) is 0.0385. The first-order valence-corrected chi connectivity index (χ1v) is 9.56. The van der Waals surface area contributed by atoms with Gasteiger partial charge in [0.1, 0.15) is 0 Å². The van der Waals surface area contributed by atoms with Crippen molar-refractivity contribution in [3.05, 3.63) is 96.1 Å². The lowest BCUT2D eigenvalue weighted by Crippen LogP contribution is -1.98. The van der Waals surface area contributed by atoms with Gasteiger partial charge in [-0.1, -0.05) is 42.5 Å². The molecule has 0 amide bonds. The highest BCUT2D eigenvalue weighted by atomic mass is 15.0. The summed E-state index contributed by atoms with van der Waals surface area (Å²) in [5, 5.41) is 11.6. The minimum absolute atomic E-state index is 0.665. The molecule has 0 aliphatic rings. The molecule has 3 heteroatoms. The molecule has 1 heterocycles. The van der Waals surface area contributed by atoms with Gasteiger partial charge in [-0.3, -0.25) is 0 Å². The molecule has 0 spiro atoms. The van der Waals surface area contributed by atoms with Crippen LogP contribution in [0.5, 0.6) is 0 Å². The number of hydrogen-bond acceptors (Lipinski definition) is 2. The molecule has 138 valence electrons. The van der Waals surface area contributed by atoms with Crippen molar-refractivity contribution in [3.63, 3.8) is 0 Å². The minimum Gasteiger partial charge on any atom is -0.398 e. The summed E-state index contributed by atoms with van der Waals surface area (Å²) in [4.78, 5) is 0. The SMILES string of the molecule is Cc1ccccc1-c1cc(-n2c3ccccc3c3cc(C#N)ccc32)ccc1N. The number of para-hydroxylation sites is 1. The van der Waals surface area contributed by atoms with Crippen LogP contribution in [-0.2, 0) is 0 Å². The van der Waals surface area contributed by atoms with E-state index in [4.69, 9.17) is 5.73 Å². The lowest BCUT2D eigenvalue weighted by Gasteiger charge is -2.14. The standard InChI is InChI=1S/C26H19N3/c1-17-6-2-3-7-20(17)22-15-19(11-12-24(22)28)29-25-9-5-4-8-21(25)23-14-18(16-27)10-13-26(23)29/h2-15H,28H2,1H3. The maximum absolute atomic E-state index is 9.34. The van der Waals surface area contributed by atoms with Crippen molar-refractivity contribution in [1.29, 1.82) is 5.26 Å². The molecule has 2 N–H and O–H groups in total. The van der Waals surface area contributed by atoms with Crippen LogP contribution in [0.25, 0.3) is 38.6 Å². The zero-order chi connectivity index (χ0) is 20.0. The van der Waals surface area contributed by atoms with Crippen molar-refractivity contribution in [3.8, 4) is 22.9 Å². The van der Waals surface area contributed by atoms with Crippen LogP contribution in [0.2, 0.25) is 0 Å². The summed E-state index contributed by atoms with van der Waals surface area (Å²) in [6.07, 6.45) is 0. The summed E-state index contributed by atoms with van der Waals surface area (Å²) in [7, 11) is 0. The van der Waals surface area contributed by atoms with Gasteiger partial charge in [0.2, 0.25) is 0 Å². The van der Waals surface area contributed by atoms with E-state index < -0.39 is 0 Å². The molecule has 0 saturated carbocycles. The maximum atomic E-state index is 9.34. The Morgan fingerprint density at radius 1 is 0.759 bits per heavy atom. The van der Waals surface area contributed by atoms with Crippen molar-refractivity contribution in [1.82, 2.24) is 4.57 Å². The molecule has 0 fully saturated rings. The molecule has 0 unspecified atom stereocenters. The Labute approximate surface area is 169 Å². The van der Waals surface area contributed by atoms with Crippen molar-refractivity contribution in [2.45, 2.75) is 6.92 Å². The number of nitrogens with zero attached hydrogens (tertiary/aromatic N) is 2. The van der Waals surface area contributed by atoms with Gasteiger partial charge in [0.25, 0.3) is 0 Å². The Morgan fingerprint density at radius 3 is 2.34 bits per heavy atom. The molecule has 5 aromatic rings. The number of rotatable bonds is 2. The predicted octanol–water partition coefficient (Wildman–Crippen LogP) is 6.21. The number of hydrogen-bond donors (Lipinski definition) is 1. The zero-order valence-corrected chi connectivity index (χ0v) is 16.1. The van der Waals surface area contributed by atoms with Crippen molar-refractivity contribution < 1.29 is 0 Å². The second kappa shape index (κ2) is 6.54. The molecule has 1 aromatic heterocycles. The van der Waals surface area contributed by atoms with Gasteiger partial charge < -0.3 is 10.3 Å². The molecule has 29 heavy (non-hydrogen) atoms. The number of aromatic nitrogens is 1. The van der Waals surface area contributed by atoms with Crippen LogP contribution in [0.15, 0.2) is 84.9 Å². The monoisotopic (exact) mass is 373 g/mol.